The van der Waals surface area contributed by atoms with Gasteiger partial charge in [0.05, 0.1) is 0 Å². The average Bonchev–Trinajstić information content (AvgIpc) is 2.05. The zero-order valence-electron chi connectivity index (χ0n) is 7.58. The van der Waals surface area contributed by atoms with Gasteiger partial charge in [0.15, 0.2) is 0 Å². The van der Waals surface area contributed by atoms with Crippen molar-refractivity contribution in [2.24, 2.45) is 5.73 Å². The highest BCUT2D eigenvalue weighted by molar-refractivity contribution is 5.26. The molecule has 11 heavy (non-hydrogen) atoms. The molecule has 0 aliphatic carbocycles. The molecule has 0 aliphatic heterocycles. The molecule has 0 radical (unpaired) electrons. The maximum absolute atomic E-state index is 6.63. The third-order valence-electron chi connectivity index (χ3n) is 1.48. The van der Waals surface area contributed by atoms with E-state index in [1.165, 1.54) is 5.56 Å². The van der Waals surface area contributed by atoms with Gasteiger partial charge in [-0.25, -0.2) is 0 Å². The molecule has 0 saturated heterocycles. The van der Waals surface area contributed by atoms with E-state index in [0.717, 1.165) is 6.42 Å². The number of phenolic OH excluding ortho intramolecular Hbond substituents is 1. The summed E-state index contributed by atoms with van der Waals surface area (Å²) in [6.45, 7) is 1.97. The largest absolute Gasteiger partial charge is 0.508 e. The van der Waals surface area contributed by atoms with Crippen LogP contribution in [0.5, 0.6) is 5.75 Å². The highest BCUT2D eigenvalue weighted by atomic mass is 16.3. The molecule has 0 fully saturated rings. The van der Waals surface area contributed by atoms with Crippen molar-refractivity contribution in [3.05, 3.63) is 29.8 Å². The minimum absolute atomic E-state index is 0.174. The van der Waals surface area contributed by atoms with Crippen molar-refractivity contribution < 1.29 is 5.11 Å². The first kappa shape index (κ1) is 6.68. The van der Waals surface area contributed by atoms with Crippen LogP contribution in [0.15, 0.2) is 24.3 Å². The van der Waals surface area contributed by atoms with Crippen LogP contribution in [0.3, 0.4) is 0 Å². The van der Waals surface area contributed by atoms with Crippen molar-refractivity contribution in [3.8, 4) is 5.75 Å². The first-order chi connectivity index (χ1) is 5.72. The fourth-order valence-corrected chi connectivity index (χ4v) is 0.997. The lowest BCUT2D eigenvalue weighted by atomic mass is 10.1. The van der Waals surface area contributed by atoms with E-state index in [4.69, 9.17) is 7.16 Å². The van der Waals surface area contributed by atoms with E-state index < -0.39 is 0 Å². The van der Waals surface area contributed by atoms with Crippen molar-refractivity contribution in [2.75, 3.05) is 0 Å². The minimum Gasteiger partial charge on any atom is -0.508 e. The zero-order valence-corrected chi connectivity index (χ0v) is 6.58. The standard InChI is InChI=1S/C9H13NO/c1-7(10)6-8-2-4-9(11)5-3-8/h2-5,7,11H,6,10H2,1H3/i/hD. The molecule has 0 heterocycles. The van der Waals surface area contributed by atoms with Gasteiger partial charge >= 0.3 is 0 Å². The van der Waals surface area contributed by atoms with Crippen LogP contribution >= 0.6 is 0 Å². The Balaban J connectivity index is 2.65. The van der Waals surface area contributed by atoms with Gasteiger partial charge in [0.2, 0.25) is 0 Å². The second-order valence-corrected chi connectivity index (χ2v) is 2.83. The first-order valence-electron chi connectivity index (χ1n) is 4.11. The second kappa shape index (κ2) is 3.39. The molecular formula is C9H13NO. The van der Waals surface area contributed by atoms with Gasteiger partial charge in [0.1, 0.15) is 5.75 Å². The molecule has 0 spiro atoms. The molecule has 1 rings (SSSR count). The molecule has 2 nitrogen and oxygen atoms in total. The van der Waals surface area contributed by atoms with Crippen molar-refractivity contribution in [1.29, 1.82) is 1.43 Å². The van der Waals surface area contributed by atoms with E-state index in [9.17, 15) is 0 Å². The topological polar surface area (TPSA) is 46.2 Å². The number of rotatable bonds is 3. The molecule has 0 amide bonds. The van der Waals surface area contributed by atoms with Gasteiger partial charge in [-0.15, -0.1) is 0 Å². The van der Waals surface area contributed by atoms with Gasteiger partial charge in [0.25, 0.3) is 1.43 Å². The van der Waals surface area contributed by atoms with E-state index in [0.29, 0.717) is 5.75 Å². The van der Waals surface area contributed by atoms with Gasteiger partial charge in [-0.3, -0.25) is 0 Å². The Morgan fingerprint density at radius 1 is 1.55 bits per heavy atom. The third kappa shape index (κ3) is 2.60. The molecule has 2 heteroatoms. The molecule has 1 aromatic rings. The Labute approximate surface area is 68.2 Å². The molecular weight excluding hydrogens is 138 g/mol. The van der Waals surface area contributed by atoms with E-state index in [2.05, 4.69) is 5.11 Å². The van der Waals surface area contributed by atoms with Gasteiger partial charge in [-0.2, -0.15) is 0 Å². The highest BCUT2D eigenvalue weighted by Crippen LogP contribution is 2.10. The SMILES string of the molecule is [2H]Oc1ccc(CC(C)N)cc1. The molecule has 0 saturated carbocycles. The molecule has 3 N–H and O–H groups in total. The predicted molar refractivity (Wildman–Crippen MR) is 45.5 cm³/mol. The van der Waals surface area contributed by atoms with E-state index >= 15 is 0 Å². The molecule has 60 valence electrons. The summed E-state index contributed by atoms with van der Waals surface area (Å²) in [7, 11) is 0. The fraction of sp³-hybridized carbons (Fsp3) is 0.333. The quantitative estimate of drug-likeness (QED) is 0.685. The fourth-order valence-electron chi connectivity index (χ4n) is 0.997. The lowest BCUT2D eigenvalue weighted by molar-refractivity contribution is 0.475. The maximum Gasteiger partial charge on any atom is 0.293 e. The summed E-state index contributed by atoms with van der Waals surface area (Å²) in [5.41, 5.74) is 6.80. The van der Waals surface area contributed by atoms with Crippen LogP contribution < -0.4 is 5.73 Å². The Kier molecular flexibility index (Phi) is 2.06. The van der Waals surface area contributed by atoms with Crippen molar-refractivity contribution >= 4 is 0 Å². The van der Waals surface area contributed by atoms with Crippen LogP contribution in [0, 0.1) is 0 Å². The summed E-state index contributed by atoms with van der Waals surface area (Å²) in [5.74, 6) is 0.559. The number of benzene rings is 1. The summed E-state index contributed by atoms with van der Waals surface area (Å²) >= 11 is 0. The average molecular weight is 152 g/mol. The Bertz CT molecular complexity index is 233. The number of nitrogens with two attached hydrogens (primary N) is 1. The summed E-state index contributed by atoms with van der Waals surface area (Å²) in [5, 5.41) is 4.29. The van der Waals surface area contributed by atoms with Crippen LogP contribution in [0.1, 0.15) is 12.5 Å². The van der Waals surface area contributed by atoms with Crippen molar-refractivity contribution in [3.63, 3.8) is 0 Å². The third-order valence-corrected chi connectivity index (χ3v) is 1.48. The van der Waals surface area contributed by atoms with Gasteiger partial charge < -0.3 is 10.8 Å². The first-order valence-corrected chi connectivity index (χ1v) is 3.70. The van der Waals surface area contributed by atoms with E-state index in [1.807, 2.05) is 19.1 Å². The molecule has 0 bridgehead atoms. The highest BCUT2D eigenvalue weighted by Gasteiger charge is 1.96. The van der Waals surface area contributed by atoms with Crippen molar-refractivity contribution in [1.82, 2.24) is 0 Å². The van der Waals surface area contributed by atoms with Gasteiger partial charge in [-0.05, 0) is 31.0 Å². The van der Waals surface area contributed by atoms with Crippen LogP contribution in [0.2, 0.25) is 0 Å². The molecule has 0 aromatic heterocycles. The summed E-state index contributed by atoms with van der Waals surface area (Å²) < 4.78 is 6.63. The van der Waals surface area contributed by atoms with Crippen LogP contribution in [0.25, 0.3) is 0 Å². The number of phenols is 1. The number of aromatic hydroxyl groups is 1. The Hall–Kier alpha value is -1.02. The smallest absolute Gasteiger partial charge is 0.293 e. The van der Waals surface area contributed by atoms with E-state index in [-0.39, 0.29) is 6.04 Å². The molecule has 1 aromatic carbocycles. The van der Waals surface area contributed by atoms with Crippen LogP contribution in [-0.2, 0) is 6.42 Å². The summed E-state index contributed by atoms with van der Waals surface area (Å²) in [6, 6.07) is 7.56. The van der Waals surface area contributed by atoms with E-state index in [1.54, 1.807) is 12.1 Å². The van der Waals surface area contributed by atoms with Gasteiger partial charge in [0, 0.05) is 6.04 Å². The Morgan fingerprint density at radius 3 is 2.64 bits per heavy atom. The molecule has 0 aliphatic rings. The second-order valence-electron chi connectivity index (χ2n) is 2.83. The van der Waals surface area contributed by atoms with Crippen molar-refractivity contribution in [2.45, 2.75) is 19.4 Å². The minimum atomic E-state index is 0.174. The normalized spacial score (nSPS) is 13.8. The number of hydrogen-bond acceptors (Lipinski definition) is 2. The monoisotopic (exact) mass is 152 g/mol. The number of hydrogen-bond donors (Lipinski definition) is 2. The predicted octanol–water partition coefficient (Wildman–Crippen LogP) is 1.28. The Morgan fingerprint density at radius 2 is 2.18 bits per heavy atom. The zero-order chi connectivity index (χ0) is 8.97. The molecule has 1 atom stereocenters. The van der Waals surface area contributed by atoms with Gasteiger partial charge in [-0.1, -0.05) is 12.1 Å². The van der Waals surface area contributed by atoms with Crippen LogP contribution in [-0.4, -0.2) is 12.6 Å². The maximum atomic E-state index is 6.63. The lowest BCUT2D eigenvalue weighted by Crippen LogP contribution is -2.17. The summed E-state index contributed by atoms with van der Waals surface area (Å²) in [6.07, 6.45) is 0.859. The van der Waals surface area contributed by atoms with Crippen LogP contribution in [0.4, 0.5) is 0 Å². The molecule has 1 unspecified atom stereocenters. The lowest BCUT2D eigenvalue weighted by Gasteiger charge is -2.03. The summed E-state index contributed by atoms with van der Waals surface area (Å²) in [4.78, 5) is 0.